The number of thiazole rings is 1. The van der Waals surface area contributed by atoms with Crippen LogP contribution in [-0.2, 0) is 0 Å². The van der Waals surface area contributed by atoms with E-state index >= 15 is 0 Å². The molecule has 0 aliphatic rings. The van der Waals surface area contributed by atoms with Crippen LogP contribution in [0.3, 0.4) is 0 Å². The summed E-state index contributed by atoms with van der Waals surface area (Å²) in [6.45, 7) is 0. The standard InChI is InChI=1S/C12H9N3S/c13-9-7-14-6-5-8(9)12-15-10-3-1-2-4-11(10)16-12/h1-7H,13H2. The van der Waals surface area contributed by atoms with Crippen LogP contribution < -0.4 is 5.73 Å². The molecule has 3 aromatic rings. The molecular weight excluding hydrogens is 218 g/mol. The molecule has 3 nitrogen and oxygen atoms in total. The number of nitrogens with two attached hydrogens (primary N) is 1. The summed E-state index contributed by atoms with van der Waals surface area (Å²) in [5.74, 6) is 0. The Bertz CT molecular complexity index is 612. The maximum absolute atomic E-state index is 5.88. The van der Waals surface area contributed by atoms with E-state index in [1.807, 2.05) is 24.3 Å². The Morgan fingerprint density at radius 2 is 2.00 bits per heavy atom. The minimum atomic E-state index is 0.668. The van der Waals surface area contributed by atoms with Gasteiger partial charge in [-0.3, -0.25) is 4.98 Å². The Hall–Kier alpha value is -1.94. The summed E-state index contributed by atoms with van der Waals surface area (Å²) in [5, 5.41) is 0.945. The third-order valence-electron chi connectivity index (χ3n) is 2.38. The van der Waals surface area contributed by atoms with E-state index in [4.69, 9.17) is 5.73 Å². The molecule has 4 heteroatoms. The molecule has 0 bridgehead atoms. The monoisotopic (exact) mass is 227 g/mol. The molecule has 0 atom stereocenters. The van der Waals surface area contributed by atoms with Gasteiger partial charge in [0, 0.05) is 11.8 Å². The van der Waals surface area contributed by atoms with Crippen LogP contribution in [0.4, 0.5) is 5.69 Å². The second-order valence-corrected chi connectivity index (χ2v) is 4.48. The molecule has 2 N–H and O–H groups in total. The number of fused-ring (bicyclic) bond motifs is 1. The SMILES string of the molecule is Nc1cnccc1-c1nc2ccccc2s1. The van der Waals surface area contributed by atoms with Gasteiger partial charge in [-0.2, -0.15) is 0 Å². The highest BCUT2D eigenvalue weighted by Gasteiger charge is 2.07. The van der Waals surface area contributed by atoms with Gasteiger partial charge in [0.2, 0.25) is 0 Å². The minimum absolute atomic E-state index is 0.668. The first-order valence-electron chi connectivity index (χ1n) is 4.90. The second kappa shape index (κ2) is 3.57. The van der Waals surface area contributed by atoms with Crippen LogP contribution in [0.1, 0.15) is 0 Å². The summed E-state index contributed by atoms with van der Waals surface area (Å²) < 4.78 is 1.17. The molecule has 0 radical (unpaired) electrons. The van der Waals surface area contributed by atoms with Crippen molar-refractivity contribution in [2.45, 2.75) is 0 Å². The number of anilines is 1. The molecule has 0 amide bonds. The Morgan fingerprint density at radius 3 is 2.81 bits per heavy atom. The van der Waals surface area contributed by atoms with Crippen molar-refractivity contribution in [1.82, 2.24) is 9.97 Å². The van der Waals surface area contributed by atoms with Crippen molar-refractivity contribution < 1.29 is 0 Å². The van der Waals surface area contributed by atoms with E-state index in [9.17, 15) is 0 Å². The molecule has 2 heterocycles. The molecule has 0 saturated heterocycles. The summed E-state index contributed by atoms with van der Waals surface area (Å²) in [4.78, 5) is 8.53. The third-order valence-corrected chi connectivity index (χ3v) is 3.45. The van der Waals surface area contributed by atoms with E-state index in [2.05, 4.69) is 16.0 Å². The van der Waals surface area contributed by atoms with Crippen LogP contribution in [0.5, 0.6) is 0 Å². The quantitative estimate of drug-likeness (QED) is 0.695. The van der Waals surface area contributed by atoms with Crippen molar-refractivity contribution in [3.05, 3.63) is 42.7 Å². The molecule has 3 rings (SSSR count). The van der Waals surface area contributed by atoms with Crippen LogP contribution in [0.15, 0.2) is 42.7 Å². The second-order valence-electron chi connectivity index (χ2n) is 3.45. The summed E-state index contributed by atoms with van der Waals surface area (Å²) >= 11 is 1.65. The van der Waals surface area contributed by atoms with E-state index in [1.54, 1.807) is 23.7 Å². The molecular formula is C12H9N3S. The van der Waals surface area contributed by atoms with E-state index < -0.39 is 0 Å². The average Bonchev–Trinajstić information content (AvgIpc) is 2.73. The Kier molecular flexibility index (Phi) is 2.08. The largest absolute Gasteiger partial charge is 0.397 e. The Morgan fingerprint density at radius 1 is 1.12 bits per heavy atom. The normalized spacial score (nSPS) is 10.8. The van der Waals surface area contributed by atoms with Crippen LogP contribution in [0, 0.1) is 0 Å². The van der Waals surface area contributed by atoms with E-state index in [0.717, 1.165) is 16.1 Å². The molecule has 0 fully saturated rings. The van der Waals surface area contributed by atoms with Gasteiger partial charge in [-0.1, -0.05) is 12.1 Å². The molecule has 0 aliphatic heterocycles. The van der Waals surface area contributed by atoms with Crippen LogP contribution in [0.2, 0.25) is 0 Å². The van der Waals surface area contributed by atoms with E-state index in [-0.39, 0.29) is 0 Å². The smallest absolute Gasteiger partial charge is 0.126 e. The zero-order chi connectivity index (χ0) is 11.0. The lowest BCUT2D eigenvalue weighted by atomic mass is 10.2. The number of benzene rings is 1. The lowest BCUT2D eigenvalue weighted by Gasteiger charge is -1.98. The highest BCUT2D eigenvalue weighted by atomic mass is 32.1. The van der Waals surface area contributed by atoms with Gasteiger partial charge in [0.15, 0.2) is 0 Å². The first-order valence-corrected chi connectivity index (χ1v) is 5.72. The van der Waals surface area contributed by atoms with Crippen LogP contribution in [0.25, 0.3) is 20.8 Å². The molecule has 0 spiro atoms. The molecule has 0 unspecified atom stereocenters. The molecule has 78 valence electrons. The van der Waals surface area contributed by atoms with Crippen molar-refractivity contribution in [2.75, 3.05) is 5.73 Å². The van der Waals surface area contributed by atoms with Crippen molar-refractivity contribution in [3.8, 4) is 10.6 Å². The molecule has 1 aromatic carbocycles. The number of nitrogen functional groups attached to an aromatic ring is 1. The van der Waals surface area contributed by atoms with E-state index in [0.29, 0.717) is 5.69 Å². The topological polar surface area (TPSA) is 51.8 Å². The van der Waals surface area contributed by atoms with Gasteiger partial charge in [-0.05, 0) is 18.2 Å². The van der Waals surface area contributed by atoms with Crippen LogP contribution in [-0.4, -0.2) is 9.97 Å². The highest BCUT2D eigenvalue weighted by Crippen LogP contribution is 2.32. The summed E-state index contributed by atoms with van der Waals surface area (Å²) in [5.41, 5.74) is 8.51. The third kappa shape index (κ3) is 1.44. The van der Waals surface area contributed by atoms with Gasteiger partial charge in [0.1, 0.15) is 5.01 Å². The zero-order valence-corrected chi connectivity index (χ0v) is 9.24. The van der Waals surface area contributed by atoms with Crippen molar-refractivity contribution in [3.63, 3.8) is 0 Å². The van der Waals surface area contributed by atoms with Gasteiger partial charge in [-0.15, -0.1) is 11.3 Å². The maximum atomic E-state index is 5.88. The number of nitrogens with zero attached hydrogens (tertiary/aromatic N) is 2. The fourth-order valence-electron chi connectivity index (χ4n) is 1.59. The number of hydrogen-bond acceptors (Lipinski definition) is 4. The fraction of sp³-hybridized carbons (Fsp3) is 0. The van der Waals surface area contributed by atoms with Crippen molar-refractivity contribution >= 4 is 27.2 Å². The van der Waals surface area contributed by atoms with Gasteiger partial charge in [-0.25, -0.2) is 4.98 Å². The number of rotatable bonds is 1. The van der Waals surface area contributed by atoms with Crippen LogP contribution >= 0.6 is 11.3 Å². The zero-order valence-electron chi connectivity index (χ0n) is 8.42. The van der Waals surface area contributed by atoms with Crippen molar-refractivity contribution in [2.24, 2.45) is 0 Å². The van der Waals surface area contributed by atoms with Gasteiger partial charge >= 0.3 is 0 Å². The highest BCUT2D eigenvalue weighted by molar-refractivity contribution is 7.21. The molecule has 2 aromatic heterocycles. The van der Waals surface area contributed by atoms with E-state index in [1.165, 1.54) is 4.70 Å². The molecule has 0 aliphatic carbocycles. The predicted octanol–water partition coefficient (Wildman–Crippen LogP) is 2.94. The van der Waals surface area contributed by atoms with Gasteiger partial charge in [0.05, 0.1) is 22.1 Å². The van der Waals surface area contributed by atoms with Gasteiger partial charge in [0.25, 0.3) is 0 Å². The Labute approximate surface area is 96.6 Å². The average molecular weight is 227 g/mol. The number of hydrogen-bond donors (Lipinski definition) is 1. The van der Waals surface area contributed by atoms with Gasteiger partial charge < -0.3 is 5.73 Å². The lowest BCUT2D eigenvalue weighted by Crippen LogP contribution is -1.89. The molecule has 16 heavy (non-hydrogen) atoms. The number of para-hydroxylation sites is 1. The fourth-order valence-corrected chi connectivity index (χ4v) is 2.60. The van der Waals surface area contributed by atoms with Crippen molar-refractivity contribution in [1.29, 1.82) is 0 Å². The summed E-state index contributed by atoms with van der Waals surface area (Å²) in [6, 6.07) is 9.97. The number of pyridine rings is 1. The summed E-state index contributed by atoms with van der Waals surface area (Å²) in [7, 11) is 0. The summed E-state index contributed by atoms with van der Waals surface area (Å²) in [6.07, 6.45) is 3.39. The molecule has 0 saturated carbocycles. The predicted molar refractivity (Wildman–Crippen MR) is 67.3 cm³/mol. The first-order chi connectivity index (χ1) is 7.84. The maximum Gasteiger partial charge on any atom is 0.126 e. The minimum Gasteiger partial charge on any atom is -0.397 e. The lowest BCUT2D eigenvalue weighted by molar-refractivity contribution is 1.33. The Balaban J connectivity index is 2.23. The first kappa shape index (κ1) is 9.30. The number of aromatic nitrogens is 2.